The quantitative estimate of drug-likeness (QED) is 0.354. The summed E-state index contributed by atoms with van der Waals surface area (Å²) in [5, 5.41) is 2.21. The fraction of sp³-hybridized carbons (Fsp3) is 0.462. The van der Waals surface area contributed by atoms with E-state index in [1.165, 1.54) is 4.90 Å². The van der Waals surface area contributed by atoms with Gasteiger partial charge in [-0.25, -0.2) is 8.42 Å². The largest absolute Gasteiger partial charge is 0.417 e. The number of halogens is 4. The number of carbonyl (C=O) groups is 2. The van der Waals surface area contributed by atoms with Crippen molar-refractivity contribution < 1.29 is 31.2 Å². The molecule has 0 bridgehead atoms. The van der Waals surface area contributed by atoms with E-state index in [-0.39, 0.29) is 18.7 Å². The number of aryl methyl sites for hydroxylation is 1. The topological polar surface area (TPSA) is 86.8 Å². The molecule has 12 heteroatoms. The minimum absolute atomic E-state index is 0.00480. The van der Waals surface area contributed by atoms with Crippen molar-refractivity contribution in [3.8, 4) is 0 Å². The monoisotopic (exact) mass is 575 g/mol. The smallest absolute Gasteiger partial charge is 0.354 e. The number of rotatable bonds is 12. The van der Waals surface area contributed by atoms with Crippen LogP contribution in [-0.2, 0) is 32.3 Å². The molecule has 0 aliphatic heterocycles. The number of amides is 2. The Morgan fingerprint density at radius 1 is 1.08 bits per heavy atom. The van der Waals surface area contributed by atoms with Crippen molar-refractivity contribution in [3.63, 3.8) is 0 Å². The van der Waals surface area contributed by atoms with Gasteiger partial charge in [-0.05, 0) is 43.5 Å². The highest BCUT2D eigenvalue weighted by atomic mass is 35.5. The first-order valence-electron chi connectivity index (χ1n) is 12.2. The number of alkyl halides is 3. The van der Waals surface area contributed by atoms with Crippen LogP contribution < -0.4 is 9.62 Å². The van der Waals surface area contributed by atoms with Crippen LogP contribution in [0.4, 0.5) is 18.9 Å². The standard InChI is InChI=1S/C26H33ClF3N3O4S/c1-5-7-14-31-25(35)23(6-2)32(16-19-10-8-18(3)9-11-19)24(34)17-33(38(4,36)37)20-12-13-22(27)21(15-20)26(28,29)30/h8-13,15,23H,5-7,14,16-17H2,1-4H3,(H,31,35)/t23-/m0/s1. The van der Waals surface area contributed by atoms with E-state index in [4.69, 9.17) is 11.6 Å². The first-order valence-corrected chi connectivity index (χ1v) is 14.4. The van der Waals surface area contributed by atoms with Crippen molar-refractivity contribution in [2.24, 2.45) is 0 Å². The van der Waals surface area contributed by atoms with Crippen molar-refractivity contribution >= 4 is 39.1 Å². The zero-order chi connectivity index (χ0) is 28.7. The second-order valence-electron chi connectivity index (χ2n) is 9.01. The van der Waals surface area contributed by atoms with E-state index in [0.29, 0.717) is 22.5 Å². The summed E-state index contributed by atoms with van der Waals surface area (Å²) in [5.41, 5.74) is 0.104. The lowest BCUT2D eigenvalue weighted by Crippen LogP contribution is -2.52. The van der Waals surface area contributed by atoms with Crippen LogP contribution in [0.15, 0.2) is 42.5 Å². The highest BCUT2D eigenvalue weighted by Gasteiger charge is 2.36. The average molecular weight is 576 g/mol. The summed E-state index contributed by atoms with van der Waals surface area (Å²) in [5.74, 6) is -1.13. The molecule has 1 atom stereocenters. The molecule has 38 heavy (non-hydrogen) atoms. The van der Waals surface area contributed by atoms with Gasteiger partial charge in [-0.3, -0.25) is 13.9 Å². The average Bonchev–Trinajstić information content (AvgIpc) is 2.82. The van der Waals surface area contributed by atoms with Crippen LogP contribution in [0.5, 0.6) is 0 Å². The van der Waals surface area contributed by atoms with E-state index < -0.39 is 51.2 Å². The van der Waals surface area contributed by atoms with Crippen LogP contribution in [0.25, 0.3) is 0 Å². The number of hydrogen-bond donors (Lipinski definition) is 1. The number of benzene rings is 2. The Morgan fingerprint density at radius 2 is 1.71 bits per heavy atom. The van der Waals surface area contributed by atoms with Gasteiger partial charge in [-0.15, -0.1) is 0 Å². The lowest BCUT2D eigenvalue weighted by Gasteiger charge is -2.33. The van der Waals surface area contributed by atoms with E-state index >= 15 is 0 Å². The van der Waals surface area contributed by atoms with E-state index in [9.17, 15) is 31.2 Å². The second-order valence-corrected chi connectivity index (χ2v) is 11.3. The van der Waals surface area contributed by atoms with E-state index in [1.54, 1.807) is 19.1 Å². The van der Waals surface area contributed by atoms with Crippen molar-refractivity contribution in [1.29, 1.82) is 0 Å². The molecule has 2 amide bonds. The Morgan fingerprint density at radius 3 is 2.24 bits per heavy atom. The van der Waals surface area contributed by atoms with Gasteiger partial charge >= 0.3 is 6.18 Å². The molecule has 0 radical (unpaired) electrons. The molecule has 0 aliphatic rings. The molecule has 0 aliphatic carbocycles. The van der Waals surface area contributed by atoms with Crippen LogP contribution in [0, 0.1) is 6.92 Å². The first-order chi connectivity index (χ1) is 17.7. The van der Waals surface area contributed by atoms with Gasteiger partial charge in [0.2, 0.25) is 21.8 Å². The van der Waals surface area contributed by atoms with Crippen LogP contribution in [-0.4, -0.2) is 50.5 Å². The third-order valence-corrected chi connectivity index (χ3v) is 7.38. The lowest BCUT2D eigenvalue weighted by molar-refractivity contribution is -0.140. The Hall–Kier alpha value is -2.79. The van der Waals surface area contributed by atoms with Crippen molar-refractivity contribution in [3.05, 3.63) is 64.2 Å². The summed E-state index contributed by atoms with van der Waals surface area (Å²) >= 11 is 5.70. The zero-order valence-corrected chi connectivity index (χ0v) is 23.4. The van der Waals surface area contributed by atoms with Gasteiger partial charge in [0.15, 0.2) is 0 Å². The van der Waals surface area contributed by atoms with Crippen LogP contribution in [0.3, 0.4) is 0 Å². The molecule has 0 unspecified atom stereocenters. The Labute approximate surface area is 227 Å². The second kappa shape index (κ2) is 13.3. The Bertz CT molecular complexity index is 1220. The maximum Gasteiger partial charge on any atom is 0.417 e. The SMILES string of the molecule is CCCCNC(=O)[C@H](CC)N(Cc1ccc(C)cc1)C(=O)CN(c1ccc(Cl)c(C(F)(F)F)c1)S(C)(=O)=O. The molecule has 0 heterocycles. The minimum Gasteiger partial charge on any atom is -0.354 e. The number of sulfonamides is 1. The maximum atomic E-state index is 13.6. The van der Waals surface area contributed by atoms with Crippen molar-refractivity contribution in [1.82, 2.24) is 10.2 Å². The molecule has 0 aromatic heterocycles. The summed E-state index contributed by atoms with van der Waals surface area (Å²) in [7, 11) is -4.20. The third kappa shape index (κ3) is 8.62. The molecule has 0 saturated heterocycles. The summed E-state index contributed by atoms with van der Waals surface area (Å²) in [4.78, 5) is 27.9. The molecule has 2 aromatic carbocycles. The highest BCUT2D eigenvalue weighted by Crippen LogP contribution is 2.37. The predicted molar refractivity (Wildman–Crippen MR) is 142 cm³/mol. The number of hydrogen-bond acceptors (Lipinski definition) is 4. The van der Waals surface area contributed by atoms with Gasteiger partial charge in [0.05, 0.1) is 22.5 Å². The maximum absolute atomic E-state index is 13.6. The summed E-state index contributed by atoms with van der Waals surface area (Å²) in [6.07, 6.45) is -2.20. The molecule has 2 aromatic rings. The van der Waals surface area contributed by atoms with Gasteiger partial charge in [-0.2, -0.15) is 13.2 Å². The predicted octanol–water partition coefficient (Wildman–Crippen LogP) is 5.16. The van der Waals surface area contributed by atoms with E-state index in [2.05, 4.69) is 5.32 Å². The number of unbranched alkanes of at least 4 members (excludes halogenated alkanes) is 1. The Balaban J connectivity index is 2.48. The number of nitrogens with zero attached hydrogens (tertiary/aromatic N) is 2. The fourth-order valence-electron chi connectivity index (χ4n) is 3.82. The van der Waals surface area contributed by atoms with Crippen LogP contribution in [0.2, 0.25) is 5.02 Å². The van der Waals surface area contributed by atoms with Crippen molar-refractivity contribution in [2.45, 2.75) is 58.8 Å². The van der Waals surface area contributed by atoms with E-state index in [0.717, 1.165) is 36.8 Å². The summed E-state index contributed by atoms with van der Waals surface area (Å²) in [6.45, 7) is 5.21. The number of nitrogens with one attached hydrogen (secondary N) is 1. The molecular formula is C26H33ClF3N3O4S. The highest BCUT2D eigenvalue weighted by molar-refractivity contribution is 7.92. The fourth-order valence-corrected chi connectivity index (χ4v) is 4.88. The molecule has 2 rings (SSSR count). The first kappa shape index (κ1) is 31.4. The van der Waals surface area contributed by atoms with Crippen molar-refractivity contribution in [2.75, 3.05) is 23.7 Å². The van der Waals surface area contributed by atoms with Gasteiger partial charge in [0.25, 0.3) is 0 Å². The molecule has 7 nitrogen and oxygen atoms in total. The number of carbonyl (C=O) groups excluding carboxylic acids is 2. The molecule has 0 fully saturated rings. The van der Waals surface area contributed by atoms with Gasteiger partial charge in [-0.1, -0.05) is 61.7 Å². The molecule has 1 N–H and O–H groups in total. The van der Waals surface area contributed by atoms with Gasteiger partial charge in [0, 0.05) is 13.1 Å². The Kier molecular flexibility index (Phi) is 11.0. The van der Waals surface area contributed by atoms with Crippen LogP contribution >= 0.6 is 11.6 Å². The number of anilines is 1. The lowest BCUT2D eigenvalue weighted by atomic mass is 10.1. The zero-order valence-electron chi connectivity index (χ0n) is 21.8. The third-order valence-electron chi connectivity index (χ3n) is 5.91. The molecule has 0 saturated carbocycles. The summed E-state index contributed by atoms with van der Waals surface area (Å²) < 4.78 is 66.2. The van der Waals surface area contributed by atoms with Gasteiger partial charge < -0.3 is 10.2 Å². The molecular weight excluding hydrogens is 543 g/mol. The van der Waals surface area contributed by atoms with E-state index in [1.807, 2.05) is 26.0 Å². The molecule has 210 valence electrons. The molecule has 0 spiro atoms. The van der Waals surface area contributed by atoms with Gasteiger partial charge in [0.1, 0.15) is 12.6 Å². The van der Waals surface area contributed by atoms with Crippen LogP contribution in [0.1, 0.15) is 49.8 Å². The summed E-state index contributed by atoms with van der Waals surface area (Å²) in [6, 6.07) is 8.98. The minimum atomic E-state index is -4.83. The normalized spacial score (nSPS) is 12.6.